The summed E-state index contributed by atoms with van der Waals surface area (Å²) in [6, 6.07) is 15.0. The Morgan fingerprint density at radius 1 is 0.941 bits per heavy atom. The standard InChI is InChI=1S/C27H32FN3O3/c1-18(2)31(27(33)29-26-19(3)7-6-8-20(26)4)17-25(32)30(16-24-14-9-21(5)34-24)15-22-10-12-23(28)13-11-22/h6-14,18H,15-17H2,1-5H3,(H,29,33). The Kier molecular flexibility index (Phi) is 8.10. The normalized spacial score (nSPS) is 10.9. The predicted octanol–water partition coefficient (Wildman–Crippen LogP) is 5.82. The number of hydrogen-bond donors (Lipinski definition) is 1. The number of carbonyl (C=O) groups excluding carboxylic acids is 2. The second-order valence-electron chi connectivity index (χ2n) is 8.81. The van der Waals surface area contributed by atoms with Crippen molar-refractivity contribution >= 4 is 17.6 Å². The van der Waals surface area contributed by atoms with E-state index in [1.54, 1.807) is 17.0 Å². The van der Waals surface area contributed by atoms with E-state index in [9.17, 15) is 14.0 Å². The number of rotatable bonds is 8. The minimum absolute atomic E-state index is 0.102. The van der Waals surface area contributed by atoms with Crippen LogP contribution in [0.5, 0.6) is 0 Å². The Balaban J connectivity index is 1.79. The molecule has 3 rings (SSSR count). The Morgan fingerprint density at radius 3 is 2.15 bits per heavy atom. The molecule has 1 aromatic heterocycles. The summed E-state index contributed by atoms with van der Waals surface area (Å²) in [5.74, 6) is 0.825. The highest BCUT2D eigenvalue weighted by Crippen LogP contribution is 2.21. The molecule has 0 radical (unpaired) electrons. The lowest BCUT2D eigenvalue weighted by atomic mass is 10.1. The summed E-state index contributed by atoms with van der Waals surface area (Å²) < 4.78 is 19.1. The molecule has 1 N–H and O–H groups in total. The van der Waals surface area contributed by atoms with Crippen LogP contribution >= 0.6 is 0 Å². The van der Waals surface area contributed by atoms with Crippen LogP contribution in [0.25, 0.3) is 0 Å². The average Bonchev–Trinajstić information content (AvgIpc) is 3.19. The molecule has 3 amide bonds. The maximum Gasteiger partial charge on any atom is 0.322 e. The summed E-state index contributed by atoms with van der Waals surface area (Å²) in [5, 5.41) is 2.97. The highest BCUT2D eigenvalue weighted by molar-refractivity contribution is 5.93. The fourth-order valence-corrected chi connectivity index (χ4v) is 3.73. The van der Waals surface area contributed by atoms with E-state index in [2.05, 4.69) is 5.32 Å². The largest absolute Gasteiger partial charge is 0.464 e. The van der Waals surface area contributed by atoms with Crippen molar-refractivity contribution < 1.29 is 18.4 Å². The molecule has 0 bridgehead atoms. The fraction of sp³-hybridized carbons (Fsp3) is 0.333. The van der Waals surface area contributed by atoms with Crippen LogP contribution in [0.1, 0.15) is 42.1 Å². The van der Waals surface area contributed by atoms with Gasteiger partial charge in [0.1, 0.15) is 23.9 Å². The number of urea groups is 1. The first-order valence-corrected chi connectivity index (χ1v) is 11.4. The molecule has 0 saturated heterocycles. The molecule has 180 valence electrons. The molecule has 0 aliphatic heterocycles. The van der Waals surface area contributed by atoms with E-state index in [1.807, 2.05) is 65.0 Å². The number of nitrogens with one attached hydrogen (secondary N) is 1. The van der Waals surface area contributed by atoms with Gasteiger partial charge in [0.25, 0.3) is 0 Å². The topological polar surface area (TPSA) is 65.8 Å². The lowest BCUT2D eigenvalue weighted by molar-refractivity contribution is -0.133. The summed E-state index contributed by atoms with van der Waals surface area (Å²) in [5.41, 5.74) is 3.44. The smallest absolute Gasteiger partial charge is 0.322 e. The molecule has 6 nitrogen and oxygen atoms in total. The quantitative estimate of drug-likeness (QED) is 0.456. The number of aryl methyl sites for hydroxylation is 3. The van der Waals surface area contributed by atoms with E-state index in [4.69, 9.17) is 4.42 Å². The van der Waals surface area contributed by atoms with E-state index in [1.165, 1.54) is 17.0 Å². The lowest BCUT2D eigenvalue weighted by Gasteiger charge is -2.30. The van der Waals surface area contributed by atoms with Gasteiger partial charge in [0.05, 0.1) is 6.54 Å². The van der Waals surface area contributed by atoms with Crippen LogP contribution in [-0.4, -0.2) is 34.3 Å². The molecule has 0 aliphatic rings. The van der Waals surface area contributed by atoms with Crippen molar-refractivity contribution in [3.05, 3.63) is 88.6 Å². The van der Waals surface area contributed by atoms with Crippen molar-refractivity contribution in [2.45, 2.75) is 53.8 Å². The third-order valence-corrected chi connectivity index (χ3v) is 5.68. The molecule has 34 heavy (non-hydrogen) atoms. The van der Waals surface area contributed by atoms with Gasteiger partial charge in [0.2, 0.25) is 5.91 Å². The molecule has 0 unspecified atom stereocenters. The first-order chi connectivity index (χ1) is 16.1. The molecule has 1 heterocycles. The number of carbonyl (C=O) groups is 2. The van der Waals surface area contributed by atoms with Crippen molar-refractivity contribution in [1.82, 2.24) is 9.80 Å². The minimum atomic E-state index is -0.337. The number of para-hydroxylation sites is 1. The van der Waals surface area contributed by atoms with Gasteiger partial charge in [-0.15, -0.1) is 0 Å². The van der Waals surface area contributed by atoms with E-state index in [0.29, 0.717) is 5.76 Å². The molecule has 0 aliphatic carbocycles. The zero-order valence-corrected chi connectivity index (χ0v) is 20.4. The fourth-order valence-electron chi connectivity index (χ4n) is 3.73. The first kappa shape index (κ1) is 25.0. The van der Waals surface area contributed by atoms with Gasteiger partial charge < -0.3 is 19.5 Å². The van der Waals surface area contributed by atoms with Crippen molar-refractivity contribution in [1.29, 1.82) is 0 Å². The summed E-state index contributed by atoms with van der Waals surface area (Å²) in [7, 11) is 0. The summed E-state index contributed by atoms with van der Waals surface area (Å²) in [4.78, 5) is 29.7. The SMILES string of the molecule is Cc1ccc(CN(Cc2ccc(F)cc2)C(=O)CN(C(=O)Nc2c(C)cccc2C)C(C)C)o1. The second kappa shape index (κ2) is 11.0. The van der Waals surface area contributed by atoms with E-state index < -0.39 is 0 Å². The molecule has 0 saturated carbocycles. The van der Waals surface area contributed by atoms with Gasteiger partial charge in [0, 0.05) is 18.3 Å². The van der Waals surface area contributed by atoms with Gasteiger partial charge in [-0.2, -0.15) is 0 Å². The Hall–Kier alpha value is -3.61. The minimum Gasteiger partial charge on any atom is -0.464 e. The van der Waals surface area contributed by atoms with Gasteiger partial charge in [0.15, 0.2) is 0 Å². The summed E-state index contributed by atoms with van der Waals surface area (Å²) >= 11 is 0. The zero-order chi connectivity index (χ0) is 24.8. The summed E-state index contributed by atoms with van der Waals surface area (Å²) in [6.45, 7) is 9.86. The molecule has 0 fully saturated rings. The molecular formula is C27H32FN3O3. The number of halogens is 1. The number of hydrogen-bond acceptors (Lipinski definition) is 3. The zero-order valence-electron chi connectivity index (χ0n) is 20.4. The van der Waals surface area contributed by atoms with Crippen LogP contribution in [0.2, 0.25) is 0 Å². The number of benzene rings is 2. The molecule has 0 atom stereocenters. The predicted molar refractivity (Wildman–Crippen MR) is 131 cm³/mol. The summed E-state index contributed by atoms with van der Waals surface area (Å²) in [6.07, 6.45) is 0. The van der Waals surface area contributed by atoms with Gasteiger partial charge >= 0.3 is 6.03 Å². The molecule has 3 aromatic rings. The number of furan rings is 1. The molecule has 7 heteroatoms. The highest BCUT2D eigenvalue weighted by Gasteiger charge is 2.25. The van der Waals surface area contributed by atoms with E-state index in [-0.39, 0.29) is 43.4 Å². The lowest BCUT2D eigenvalue weighted by Crippen LogP contribution is -2.47. The Morgan fingerprint density at radius 2 is 1.59 bits per heavy atom. The van der Waals surface area contributed by atoms with Crippen LogP contribution in [0, 0.1) is 26.6 Å². The van der Waals surface area contributed by atoms with Gasteiger partial charge in [-0.3, -0.25) is 4.79 Å². The number of anilines is 1. The van der Waals surface area contributed by atoms with Crippen LogP contribution in [0.3, 0.4) is 0 Å². The van der Waals surface area contributed by atoms with E-state index in [0.717, 1.165) is 28.1 Å². The van der Waals surface area contributed by atoms with Gasteiger partial charge in [-0.1, -0.05) is 30.3 Å². The third kappa shape index (κ3) is 6.47. The third-order valence-electron chi connectivity index (χ3n) is 5.68. The average molecular weight is 466 g/mol. The molecule has 2 aromatic carbocycles. The molecular weight excluding hydrogens is 433 g/mol. The van der Waals surface area contributed by atoms with Crippen molar-refractivity contribution in [3.8, 4) is 0 Å². The van der Waals surface area contributed by atoms with Crippen LogP contribution < -0.4 is 5.32 Å². The maximum absolute atomic E-state index is 13.4. The van der Waals surface area contributed by atoms with Gasteiger partial charge in [-0.25, -0.2) is 9.18 Å². The van der Waals surface area contributed by atoms with E-state index >= 15 is 0 Å². The van der Waals surface area contributed by atoms with Crippen LogP contribution in [-0.2, 0) is 17.9 Å². The Labute approximate surface area is 200 Å². The maximum atomic E-state index is 13.4. The van der Waals surface area contributed by atoms with Crippen LogP contribution in [0.4, 0.5) is 14.9 Å². The highest BCUT2D eigenvalue weighted by atomic mass is 19.1. The first-order valence-electron chi connectivity index (χ1n) is 11.4. The van der Waals surface area contributed by atoms with Crippen molar-refractivity contribution in [2.75, 3.05) is 11.9 Å². The second-order valence-corrected chi connectivity index (χ2v) is 8.81. The Bertz CT molecular complexity index is 1120. The van der Waals surface area contributed by atoms with Crippen LogP contribution in [0.15, 0.2) is 59.0 Å². The number of nitrogens with zero attached hydrogens (tertiary/aromatic N) is 2. The monoisotopic (exact) mass is 465 g/mol. The van der Waals surface area contributed by atoms with Crippen molar-refractivity contribution in [2.24, 2.45) is 0 Å². The van der Waals surface area contributed by atoms with Gasteiger partial charge in [-0.05, 0) is 75.6 Å². The molecule has 0 spiro atoms. The number of amides is 3. The van der Waals surface area contributed by atoms with Crippen molar-refractivity contribution in [3.63, 3.8) is 0 Å².